The average molecular weight is 256 g/mol. The molecule has 1 aliphatic rings. The Hall–Kier alpha value is -2.07. The maximum Gasteiger partial charge on any atom is 0.138 e. The van der Waals surface area contributed by atoms with Crippen LogP contribution in [-0.4, -0.2) is 24.2 Å². The minimum atomic E-state index is 0.317. The van der Waals surface area contributed by atoms with Crippen LogP contribution in [0.15, 0.2) is 48.8 Å². The van der Waals surface area contributed by atoms with Crippen LogP contribution < -0.4 is 14.8 Å². The highest BCUT2D eigenvalue weighted by Gasteiger charge is 2.17. The molecule has 0 saturated carbocycles. The van der Waals surface area contributed by atoms with Crippen molar-refractivity contribution >= 4 is 0 Å². The summed E-state index contributed by atoms with van der Waals surface area (Å²) in [5, 5.41) is 3.18. The number of nitrogens with zero attached hydrogens (tertiary/aromatic N) is 1. The van der Waals surface area contributed by atoms with Crippen LogP contribution in [0.4, 0.5) is 0 Å². The van der Waals surface area contributed by atoms with Crippen LogP contribution >= 0.6 is 0 Å². The minimum absolute atomic E-state index is 0.317. The van der Waals surface area contributed by atoms with Gasteiger partial charge in [-0.15, -0.1) is 0 Å². The van der Waals surface area contributed by atoms with E-state index >= 15 is 0 Å². The molecule has 19 heavy (non-hydrogen) atoms. The molecule has 1 fully saturated rings. The van der Waals surface area contributed by atoms with E-state index in [-0.39, 0.29) is 0 Å². The Morgan fingerprint density at radius 3 is 2.58 bits per heavy atom. The quantitative estimate of drug-likeness (QED) is 0.888. The fraction of sp³-hybridized carbons (Fsp3) is 0.267. The Balaban J connectivity index is 1.53. The van der Waals surface area contributed by atoms with Gasteiger partial charge >= 0.3 is 0 Å². The van der Waals surface area contributed by atoms with Crippen LogP contribution in [0, 0.1) is 0 Å². The van der Waals surface area contributed by atoms with E-state index in [1.54, 1.807) is 12.4 Å². The first-order valence-electron chi connectivity index (χ1n) is 6.39. The lowest BCUT2D eigenvalue weighted by atomic mass is 10.2. The van der Waals surface area contributed by atoms with Gasteiger partial charge in [-0.2, -0.15) is 0 Å². The molecule has 0 radical (unpaired) electrons. The van der Waals surface area contributed by atoms with Gasteiger partial charge in [0.2, 0.25) is 0 Å². The van der Waals surface area contributed by atoms with Crippen LogP contribution in [0.5, 0.6) is 11.5 Å². The molecule has 4 heteroatoms. The number of ether oxygens (including phenoxy) is 2. The van der Waals surface area contributed by atoms with E-state index in [0.717, 1.165) is 30.2 Å². The second-order valence-corrected chi connectivity index (χ2v) is 4.52. The Bertz CT molecular complexity index is 509. The SMILES string of the molecule is c1cncc(OCc2ccc(OC3CNC3)cc2)c1. The molecule has 4 nitrogen and oxygen atoms in total. The van der Waals surface area contributed by atoms with Gasteiger partial charge in [-0.3, -0.25) is 4.98 Å². The summed E-state index contributed by atoms with van der Waals surface area (Å²) in [6, 6.07) is 11.8. The number of pyridine rings is 1. The maximum absolute atomic E-state index is 5.75. The van der Waals surface area contributed by atoms with E-state index in [1.807, 2.05) is 36.4 Å². The first kappa shape index (κ1) is 12.0. The second kappa shape index (κ2) is 5.71. The molecule has 1 aliphatic heterocycles. The lowest BCUT2D eigenvalue weighted by Crippen LogP contribution is -2.50. The van der Waals surface area contributed by atoms with E-state index in [2.05, 4.69) is 10.3 Å². The van der Waals surface area contributed by atoms with Crippen LogP contribution in [-0.2, 0) is 6.61 Å². The van der Waals surface area contributed by atoms with Gasteiger partial charge in [-0.1, -0.05) is 12.1 Å². The van der Waals surface area contributed by atoms with E-state index < -0.39 is 0 Å². The first-order valence-corrected chi connectivity index (χ1v) is 6.39. The van der Waals surface area contributed by atoms with Crippen LogP contribution in [0.1, 0.15) is 5.56 Å². The first-order chi connectivity index (χ1) is 9.40. The monoisotopic (exact) mass is 256 g/mol. The maximum atomic E-state index is 5.75. The third-order valence-electron chi connectivity index (χ3n) is 3.01. The highest BCUT2D eigenvalue weighted by molar-refractivity contribution is 5.28. The minimum Gasteiger partial charge on any atom is -0.488 e. The number of hydrogen-bond acceptors (Lipinski definition) is 4. The molecule has 1 saturated heterocycles. The fourth-order valence-electron chi connectivity index (χ4n) is 1.80. The zero-order valence-corrected chi connectivity index (χ0v) is 10.6. The summed E-state index contributed by atoms with van der Waals surface area (Å²) in [5.41, 5.74) is 1.11. The summed E-state index contributed by atoms with van der Waals surface area (Å²) in [6.07, 6.45) is 3.76. The van der Waals surface area contributed by atoms with Gasteiger partial charge in [0.15, 0.2) is 0 Å². The molecular weight excluding hydrogens is 240 g/mol. The predicted molar refractivity (Wildman–Crippen MR) is 72.3 cm³/mol. The highest BCUT2D eigenvalue weighted by Crippen LogP contribution is 2.16. The van der Waals surface area contributed by atoms with Crippen molar-refractivity contribution in [3.05, 3.63) is 54.4 Å². The number of hydrogen-bond donors (Lipinski definition) is 1. The Kier molecular flexibility index (Phi) is 3.61. The van der Waals surface area contributed by atoms with Crippen molar-refractivity contribution < 1.29 is 9.47 Å². The van der Waals surface area contributed by atoms with Gasteiger partial charge < -0.3 is 14.8 Å². The molecule has 0 spiro atoms. The van der Waals surface area contributed by atoms with Crippen LogP contribution in [0.25, 0.3) is 0 Å². The molecule has 2 aromatic rings. The lowest BCUT2D eigenvalue weighted by Gasteiger charge is -2.27. The molecule has 1 N–H and O–H groups in total. The van der Waals surface area contributed by atoms with Crippen molar-refractivity contribution in [3.63, 3.8) is 0 Å². The Labute approximate surface area is 112 Å². The smallest absolute Gasteiger partial charge is 0.138 e. The molecule has 0 atom stereocenters. The standard InChI is InChI=1S/C15H16N2O2/c1-2-14(8-16-7-1)18-11-12-3-5-13(6-4-12)19-15-9-17-10-15/h1-8,15,17H,9-11H2. The van der Waals surface area contributed by atoms with Gasteiger partial charge in [0.25, 0.3) is 0 Å². The van der Waals surface area contributed by atoms with E-state index in [9.17, 15) is 0 Å². The van der Waals surface area contributed by atoms with E-state index in [4.69, 9.17) is 9.47 Å². The van der Waals surface area contributed by atoms with Gasteiger partial charge in [0.05, 0.1) is 6.20 Å². The molecule has 0 aliphatic carbocycles. The van der Waals surface area contributed by atoms with Crippen molar-refractivity contribution in [1.82, 2.24) is 10.3 Å². The number of nitrogens with one attached hydrogen (secondary N) is 1. The summed E-state index contributed by atoms with van der Waals surface area (Å²) in [5.74, 6) is 1.69. The van der Waals surface area contributed by atoms with Gasteiger partial charge in [0, 0.05) is 19.3 Å². The summed E-state index contributed by atoms with van der Waals surface area (Å²) < 4.78 is 11.4. The molecule has 98 valence electrons. The number of rotatable bonds is 5. The molecule has 3 rings (SSSR count). The summed E-state index contributed by atoms with van der Waals surface area (Å²) in [4.78, 5) is 4.01. The van der Waals surface area contributed by atoms with Crippen molar-refractivity contribution in [2.24, 2.45) is 0 Å². The molecule has 1 aromatic heterocycles. The average Bonchev–Trinajstić information content (AvgIpc) is 2.43. The highest BCUT2D eigenvalue weighted by atomic mass is 16.5. The summed E-state index contributed by atoms with van der Waals surface area (Å²) in [6.45, 7) is 2.41. The third-order valence-corrected chi connectivity index (χ3v) is 3.01. The van der Waals surface area contributed by atoms with Crippen LogP contribution in [0.2, 0.25) is 0 Å². The topological polar surface area (TPSA) is 43.4 Å². The number of aromatic nitrogens is 1. The lowest BCUT2D eigenvalue weighted by molar-refractivity contribution is 0.142. The molecule has 2 heterocycles. The van der Waals surface area contributed by atoms with Crippen molar-refractivity contribution in [3.8, 4) is 11.5 Å². The van der Waals surface area contributed by atoms with Crippen molar-refractivity contribution in [1.29, 1.82) is 0 Å². The molecular formula is C15H16N2O2. The second-order valence-electron chi connectivity index (χ2n) is 4.52. The van der Waals surface area contributed by atoms with Gasteiger partial charge in [-0.25, -0.2) is 0 Å². The van der Waals surface area contributed by atoms with E-state index in [1.165, 1.54) is 0 Å². The summed E-state index contributed by atoms with van der Waals surface area (Å²) >= 11 is 0. The normalized spacial score (nSPS) is 14.7. The molecule has 0 unspecified atom stereocenters. The zero-order chi connectivity index (χ0) is 12.9. The van der Waals surface area contributed by atoms with Crippen molar-refractivity contribution in [2.75, 3.05) is 13.1 Å². The Morgan fingerprint density at radius 2 is 1.95 bits per heavy atom. The van der Waals surface area contributed by atoms with Gasteiger partial charge in [-0.05, 0) is 29.8 Å². The summed E-state index contributed by atoms with van der Waals surface area (Å²) in [7, 11) is 0. The Morgan fingerprint density at radius 1 is 1.11 bits per heavy atom. The van der Waals surface area contributed by atoms with Crippen molar-refractivity contribution in [2.45, 2.75) is 12.7 Å². The molecule has 0 bridgehead atoms. The number of benzene rings is 1. The predicted octanol–water partition coefficient (Wildman–Crippen LogP) is 2.01. The van der Waals surface area contributed by atoms with Gasteiger partial charge in [0.1, 0.15) is 24.2 Å². The third kappa shape index (κ3) is 3.23. The largest absolute Gasteiger partial charge is 0.488 e. The van der Waals surface area contributed by atoms with E-state index in [0.29, 0.717) is 12.7 Å². The molecule has 1 aromatic carbocycles. The van der Waals surface area contributed by atoms with Crippen LogP contribution in [0.3, 0.4) is 0 Å². The fourth-order valence-corrected chi connectivity index (χ4v) is 1.80. The molecule has 0 amide bonds. The zero-order valence-electron chi connectivity index (χ0n) is 10.6.